The lowest BCUT2D eigenvalue weighted by Gasteiger charge is -2.20. The molecule has 0 N–H and O–H groups in total. The van der Waals surface area contributed by atoms with Gasteiger partial charge in [-0.15, -0.1) is 0 Å². The van der Waals surface area contributed by atoms with Gasteiger partial charge in [0, 0.05) is 5.33 Å². The minimum atomic E-state index is 0.133. The Morgan fingerprint density at radius 3 is 2.40 bits per heavy atom. The standard InChI is InChI=1S/C18H21BrO/c1-13-10-14(12-19)8-9-17(13)20-16-7-5-6-15(11-16)18(2,3)4/h5-11H,12H2,1-4H3. The Morgan fingerprint density at radius 1 is 1.05 bits per heavy atom. The third-order valence-corrected chi connectivity index (χ3v) is 3.97. The normalized spacial score (nSPS) is 11.4. The number of alkyl halides is 1. The molecule has 1 nitrogen and oxygen atoms in total. The first-order valence-electron chi connectivity index (χ1n) is 6.84. The Labute approximate surface area is 130 Å². The molecule has 0 fully saturated rings. The molecule has 2 heteroatoms. The van der Waals surface area contributed by atoms with Gasteiger partial charge in [0.25, 0.3) is 0 Å². The van der Waals surface area contributed by atoms with Crippen LogP contribution >= 0.6 is 15.9 Å². The predicted octanol–water partition coefficient (Wildman–Crippen LogP) is 5.98. The van der Waals surface area contributed by atoms with E-state index in [-0.39, 0.29) is 5.41 Å². The van der Waals surface area contributed by atoms with Crippen LogP contribution in [-0.2, 0) is 10.7 Å². The summed E-state index contributed by atoms with van der Waals surface area (Å²) in [5.41, 5.74) is 3.83. The monoisotopic (exact) mass is 332 g/mol. The van der Waals surface area contributed by atoms with Crippen molar-refractivity contribution < 1.29 is 4.74 Å². The summed E-state index contributed by atoms with van der Waals surface area (Å²) in [5, 5.41) is 0.869. The van der Waals surface area contributed by atoms with Crippen LogP contribution in [0.5, 0.6) is 11.5 Å². The van der Waals surface area contributed by atoms with Gasteiger partial charge in [-0.25, -0.2) is 0 Å². The van der Waals surface area contributed by atoms with E-state index in [0.29, 0.717) is 0 Å². The van der Waals surface area contributed by atoms with Crippen LogP contribution in [0, 0.1) is 6.92 Å². The fraction of sp³-hybridized carbons (Fsp3) is 0.333. The molecule has 0 bridgehead atoms. The second kappa shape index (κ2) is 6.01. The Balaban J connectivity index is 2.26. The fourth-order valence-electron chi connectivity index (χ4n) is 2.06. The topological polar surface area (TPSA) is 9.23 Å². The molecule has 0 spiro atoms. The summed E-state index contributed by atoms with van der Waals surface area (Å²) in [6, 6.07) is 14.6. The first-order valence-corrected chi connectivity index (χ1v) is 7.96. The molecule has 0 unspecified atom stereocenters. The molecule has 0 heterocycles. The molecule has 0 atom stereocenters. The van der Waals surface area contributed by atoms with Crippen LogP contribution in [0.2, 0.25) is 0 Å². The molecule has 106 valence electrons. The number of benzene rings is 2. The molecular formula is C18H21BrO. The van der Waals surface area contributed by atoms with Gasteiger partial charge in [-0.2, -0.15) is 0 Å². The van der Waals surface area contributed by atoms with Gasteiger partial charge in [-0.05, 0) is 47.2 Å². The van der Waals surface area contributed by atoms with Gasteiger partial charge >= 0.3 is 0 Å². The van der Waals surface area contributed by atoms with Gasteiger partial charge < -0.3 is 4.74 Å². The van der Waals surface area contributed by atoms with Gasteiger partial charge in [0.2, 0.25) is 0 Å². The Bertz CT molecular complexity index is 597. The highest BCUT2D eigenvalue weighted by Crippen LogP contribution is 2.30. The SMILES string of the molecule is Cc1cc(CBr)ccc1Oc1cccc(C(C)(C)C)c1. The molecule has 0 saturated heterocycles. The largest absolute Gasteiger partial charge is 0.457 e. The van der Waals surface area contributed by atoms with E-state index >= 15 is 0 Å². The van der Waals surface area contributed by atoms with Crippen molar-refractivity contribution in [1.29, 1.82) is 0 Å². The maximum absolute atomic E-state index is 6.03. The molecule has 2 aromatic rings. The van der Waals surface area contributed by atoms with Crippen molar-refractivity contribution in [3.05, 3.63) is 59.2 Å². The van der Waals surface area contributed by atoms with Crippen LogP contribution in [-0.4, -0.2) is 0 Å². The predicted molar refractivity (Wildman–Crippen MR) is 89.0 cm³/mol. The second-order valence-corrected chi connectivity index (χ2v) is 6.67. The molecule has 2 aromatic carbocycles. The Hall–Kier alpha value is -1.28. The van der Waals surface area contributed by atoms with E-state index in [1.807, 2.05) is 12.1 Å². The van der Waals surface area contributed by atoms with Crippen LogP contribution in [0.4, 0.5) is 0 Å². The van der Waals surface area contributed by atoms with Gasteiger partial charge in [0.15, 0.2) is 0 Å². The summed E-state index contributed by atoms with van der Waals surface area (Å²) >= 11 is 3.47. The van der Waals surface area contributed by atoms with E-state index in [0.717, 1.165) is 22.4 Å². The Morgan fingerprint density at radius 2 is 1.80 bits per heavy atom. The van der Waals surface area contributed by atoms with Crippen molar-refractivity contribution in [2.45, 2.75) is 38.4 Å². The summed E-state index contributed by atoms with van der Waals surface area (Å²) in [4.78, 5) is 0. The van der Waals surface area contributed by atoms with Gasteiger partial charge in [0.05, 0.1) is 0 Å². The molecule has 0 aliphatic carbocycles. The number of hydrogen-bond acceptors (Lipinski definition) is 1. The van der Waals surface area contributed by atoms with E-state index in [1.54, 1.807) is 0 Å². The van der Waals surface area contributed by atoms with E-state index in [1.165, 1.54) is 11.1 Å². The zero-order valence-electron chi connectivity index (χ0n) is 12.5. The van der Waals surface area contributed by atoms with Crippen LogP contribution in [0.15, 0.2) is 42.5 Å². The van der Waals surface area contributed by atoms with E-state index in [4.69, 9.17) is 4.74 Å². The first-order chi connectivity index (χ1) is 9.40. The molecule has 0 aliphatic heterocycles. The van der Waals surface area contributed by atoms with E-state index in [9.17, 15) is 0 Å². The number of hydrogen-bond donors (Lipinski definition) is 0. The first kappa shape index (κ1) is 15.1. The van der Waals surface area contributed by atoms with Crippen LogP contribution in [0.3, 0.4) is 0 Å². The van der Waals surface area contributed by atoms with Crippen LogP contribution < -0.4 is 4.74 Å². The zero-order valence-corrected chi connectivity index (χ0v) is 14.1. The quantitative estimate of drug-likeness (QED) is 0.628. The van der Waals surface area contributed by atoms with E-state index < -0.39 is 0 Å². The molecule has 2 rings (SSSR count). The molecule has 20 heavy (non-hydrogen) atoms. The minimum Gasteiger partial charge on any atom is -0.457 e. The van der Waals surface area contributed by atoms with Gasteiger partial charge in [-0.1, -0.05) is 61.0 Å². The summed E-state index contributed by atoms with van der Waals surface area (Å²) < 4.78 is 6.03. The van der Waals surface area contributed by atoms with Crippen molar-refractivity contribution >= 4 is 15.9 Å². The zero-order chi connectivity index (χ0) is 14.8. The van der Waals surface area contributed by atoms with Gasteiger partial charge in [-0.3, -0.25) is 0 Å². The lowest BCUT2D eigenvalue weighted by Crippen LogP contribution is -2.10. The van der Waals surface area contributed by atoms with Crippen molar-refractivity contribution in [2.24, 2.45) is 0 Å². The van der Waals surface area contributed by atoms with Crippen LogP contribution in [0.25, 0.3) is 0 Å². The van der Waals surface area contributed by atoms with Crippen molar-refractivity contribution in [3.63, 3.8) is 0 Å². The molecule has 0 radical (unpaired) electrons. The lowest BCUT2D eigenvalue weighted by molar-refractivity contribution is 0.475. The summed E-state index contributed by atoms with van der Waals surface area (Å²) in [6.45, 7) is 8.71. The van der Waals surface area contributed by atoms with Crippen LogP contribution in [0.1, 0.15) is 37.5 Å². The molecule has 0 saturated carbocycles. The number of halogens is 1. The summed E-state index contributed by atoms with van der Waals surface area (Å²) in [5.74, 6) is 1.81. The highest BCUT2D eigenvalue weighted by atomic mass is 79.9. The highest BCUT2D eigenvalue weighted by Gasteiger charge is 2.14. The number of ether oxygens (including phenoxy) is 1. The third-order valence-electron chi connectivity index (χ3n) is 3.32. The van der Waals surface area contributed by atoms with Crippen molar-refractivity contribution in [2.75, 3.05) is 0 Å². The van der Waals surface area contributed by atoms with Crippen molar-refractivity contribution in [1.82, 2.24) is 0 Å². The highest BCUT2D eigenvalue weighted by molar-refractivity contribution is 9.08. The maximum atomic E-state index is 6.03. The average Bonchev–Trinajstić information content (AvgIpc) is 2.40. The number of aryl methyl sites for hydroxylation is 1. The van der Waals surface area contributed by atoms with Gasteiger partial charge in [0.1, 0.15) is 11.5 Å². The summed E-state index contributed by atoms with van der Waals surface area (Å²) in [6.07, 6.45) is 0. The Kier molecular flexibility index (Phi) is 4.54. The van der Waals surface area contributed by atoms with E-state index in [2.05, 4.69) is 74.0 Å². The fourth-order valence-corrected chi connectivity index (χ4v) is 2.41. The minimum absolute atomic E-state index is 0.133. The number of rotatable bonds is 3. The maximum Gasteiger partial charge on any atom is 0.130 e. The second-order valence-electron chi connectivity index (χ2n) is 6.11. The smallest absolute Gasteiger partial charge is 0.130 e. The average molecular weight is 333 g/mol. The molecule has 0 amide bonds. The molecular weight excluding hydrogens is 312 g/mol. The molecule has 0 aliphatic rings. The summed E-state index contributed by atoms with van der Waals surface area (Å²) in [7, 11) is 0. The van der Waals surface area contributed by atoms with Crippen molar-refractivity contribution in [3.8, 4) is 11.5 Å². The lowest BCUT2D eigenvalue weighted by atomic mass is 9.87. The molecule has 0 aromatic heterocycles. The third kappa shape index (κ3) is 3.63.